The fourth-order valence-corrected chi connectivity index (χ4v) is 2.20. The lowest BCUT2D eigenvalue weighted by atomic mass is 10.0. The van der Waals surface area contributed by atoms with Gasteiger partial charge in [-0.2, -0.15) is 0 Å². The third-order valence-corrected chi connectivity index (χ3v) is 4.13. The Morgan fingerprint density at radius 1 is 1.23 bits per heavy atom. The van der Waals surface area contributed by atoms with Gasteiger partial charge in [-0.1, -0.05) is 6.92 Å². The van der Waals surface area contributed by atoms with Crippen LogP contribution in [-0.2, 0) is 14.3 Å². The number of hydrogen-bond donors (Lipinski definition) is 1. The maximum atomic E-state index is 11.7. The van der Waals surface area contributed by atoms with Crippen LogP contribution in [0.3, 0.4) is 0 Å². The van der Waals surface area contributed by atoms with Crippen LogP contribution >= 0.6 is 11.8 Å². The molecule has 0 fully saturated rings. The number of carbonyl (C=O) groups excluding carboxylic acids is 2. The van der Waals surface area contributed by atoms with Gasteiger partial charge in [-0.3, -0.25) is 9.59 Å². The fraction of sp³-hybridized carbons (Fsp3) is 0.500. The fourth-order valence-electron chi connectivity index (χ4n) is 1.50. The molecule has 0 radical (unpaired) electrons. The maximum Gasteiger partial charge on any atom is 0.316 e. The molecule has 1 N–H and O–H groups in total. The Labute approximate surface area is 135 Å². The molecule has 0 saturated carbocycles. The van der Waals surface area contributed by atoms with Crippen LogP contribution in [0.4, 0.5) is 0 Å². The first-order valence-corrected chi connectivity index (χ1v) is 8.08. The summed E-state index contributed by atoms with van der Waals surface area (Å²) in [6.45, 7) is 5.59. The summed E-state index contributed by atoms with van der Waals surface area (Å²) in [6.07, 6.45) is 0.806. The highest BCUT2D eigenvalue weighted by Crippen LogP contribution is 2.21. The van der Waals surface area contributed by atoms with Crippen LogP contribution in [0.25, 0.3) is 0 Å². The Hall–Kier alpha value is -1.69. The number of hydrogen-bond acceptors (Lipinski definition) is 5. The van der Waals surface area contributed by atoms with E-state index in [9.17, 15) is 9.59 Å². The number of thioether (sulfide) groups is 1. The van der Waals surface area contributed by atoms with E-state index in [0.717, 1.165) is 17.1 Å². The summed E-state index contributed by atoms with van der Waals surface area (Å²) in [5.41, 5.74) is -0.290. The Bertz CT molecular complexity index is 499. The molecule has 1 aromatic rings. The summed E-state index contributed by atoms with van der Waals surface area (Å²) in [6, 6.07) is 7.39. The average Bonchev–Trinajstić information content (AvgIpc) is 2.51. The smallest absolute Gasteiger partial charge is 0.316 e. The van der Waals surface area contributed by atoms with Gasteiger partial charge < -0.3 is 14.8 Å². The minimum absolute atomic E-state index is 0.163. The summed E-state index contributed by atoms with van der Waals surface area (Å²) in [5, 5.41) is 2.81. The largest absolute Gasteiger partial charge is 0.497 e. The van der Waals surface area contributed by atoms with Crippen molar-refractivity contribution in [1.29, 1.82) is 0 Å². The van der Waals surface area contributed by atoms with Gasteiger partial charge in [-0.05, 0) is 44.5 Å². The number of ether oxygens (including phenoxy) is 2. The Morgan fingerprint density at radius 3 is 2.41 bits per heavy atom. The van der Waals surface area contributed by atoms with Crippen LogP contribution in [0.5, 0.6) is 5.75 Å². The molecule has 0 atom stereocenters. The van der Waals surface area contributed by atoms with E-state index in [1.807, 2.05) is 45.0 Å². The van der Waals surface area contributed by atoms with E-state index in [-0.39, 0.29) is 23.8 Å². The number of rotatable bonds is 8. The predicted molar refractivity (Wildman–Crippen MR) is 87.2 cm³/mol. The highest BCUT2D eigenvalue weighted by Gasteiger charge is 2.18. The predicted octanol–water partition coefficient (Wildman–Crippen LogP) is 2.64. The molecule has 0 aliphatic rings. The van der Waals surface area contributed by atoms with E-state index in [1.54, 1.807) is 7.11 Å². The topological polar surface area (TPSA) is 64.6 Å². The lowest BCUT2D eigenvalue weighted by molar-refractivity contribution is -0.146. The molecular formula is C16H23NO4S. The molecular weight excluding hydrogens is 302 g/mol. The minimum Gasteiger partial charge on any atom is -0.497 e. The van der Waals surface area contributed by atoms with Crippen LogP contribution in [0, 0.1) is 0 Å². The van der Waals surface area contributed by atoms with Gasteiger partial charge in [0.05, 0.1) is 12.9 Å². The zero-order valence-electron chi connectivity index (χ0n) is 13.5. The number of benzene rings is 1. The van der Waals surface area contributed by atoms with Crippen molar-refractivity contribution in [1.82, 2.24) is 5.32 Å². The summed E-state index contributed by atoms with van der Waals surface area (Å²) < 4.78 is 10.0. The highest BCUT2D eigenvalue weighted by atomic mass is 32.2. The van der Waals surface area contributed by atoms with Crippen molar-refractivity contribution in [3.8, 4) is 5.75 Å². The van der Waals surface area contributed by atoms with Gasteiger partial charge >= 0.3 is 5.97 Å². The van der Waals surface area contributed by atoms with Gasteiger partial charge in [0.15, 0.2) is 6.61 Å². The van der Waals surface area contributed by atoms with Crippen molar-refractivity contribution in [2.24, 2.45) is 0 Å². The quantitative estimate of drug-likeness (QED) is 0.588. The molecule has 0 unspecified atom stereocenters. The highest BCUT2D eigenvalue weighted by molar-refractivity contribution is 8.00. The molecule has 0 aliphatic carbocycles. The maximum absolute atomic E-state index is 11.7. The third-order valence-electron chi connectivity index (χ3n) is 3.14. The number of esters is 1. The van der Waals surface area contributed by atoms with Gasteiger partial charge in [0.25, 0.3) is 5.91 Å². The monoisotopic (exact) mass is 325 g/mol. The van der Waals surface area contributed by atoms with Crippen LogP contribution in [0.2, 0.25) is 0 Å². The van der Waals surface area contributed by atoms with Gasteiger partial charge in [0.1, 0.15) is 5.75 Å². The van der Waals surface area contributed by atoms with E-state index in [0.29, 0.717) is 0 Å². The minimum atomic E-state index is -0.412. The molecule has 0 aliphatic heterocycles. The Kier molecular flexibility index (Phi) is 7.24. The molecule has 0 heterocycles. The molecule has 5 nitrogen and oxygen atoms in total. The van der Waals surface area contributed by atoms with Crippen LogP contribution in [0.15, 0.2) is 29.2 Å². The zero-order chi connectivity index (χ0) is 16.6. The second kappa shape index (κ2) is 8.68. The summed E-state index contributed by atoms with van der Waals surface area (Å²) in [4.78, 5) is 24.2. The number of methoxy groups -OCH3 is 1. The normalized spacial score (nSPS) is 10.9. The number of carbonyl (C=O) groups is 2. The molecule has 1 aromatic carbocycles. The standard InChI is InChI=1S/C16H23NO4S/c1-5-16(2,3)17-14(18)10-21-15(19)11-22-13-8-6-12(20-4)7-9-13/h6-9H,5,10-11H2,1-4H3,(H,17,18). The summed E-state index contributed by atoms with van der Waals surface area (Å²) >= 11 is 1.36. The molecule has 0 saturated heterocycles. The first kappa shape index (κ1) is 18.4. The Morgan fingerprint density at radius 2 is 1.86 bits per heavy atom. The van der Waals surface area contributed by atoms with E-state index in [1.165, 1.54) is 11.8 Å². The van der Waals surface area contributed by atoms with Crippen LogP contribution in [-0.4, -0.2) is 36.9 Å². The summed E-state index contributed by atoms with van der Waals surface area (Å²) in [7, 11) is 1.60. The van der Waals surface area contributed by atoms with Crippen molar-refractivity contribution in [2.45, 2.75) is 37.6 Å². The molecule has 1 amide bonds. The van der Waals surface area contributed by atoms with Gasteiger partial charge in [-0.15, -0.1) is 11.8 Å². The SMILES string of the molecule is CCC(C)(C)NC(=O)COC(=O)CSc1ccc(OC)cc1. The van der Waals surface area contributed by atoms with Gasteiger partial charge in [0.2, 0.25) is 0 Å². The second-order valence-corrected chi connectivity index (χ2v) is 6.46. The van der Waals surface area contributed by atoms with Crippen molar-refractivity contribution < 1.29 is 19.1 Å². The lowest BCUT2D eigenvalue weighted by Crippen LogP contribution is -2.44. The van der Waals surface area contributed by atoms with Gasteiger partial charge in [-0.25, -0.2) is 0 Å². The number of nitrogens with one attached hydrogen (secondary N) is 1. The van der Waals surface area contributed by atoms with Gasteiger partial charge in [0, 0.05) is 10.4 Å². The lowest BCUT2D eigenvalue weighted by Gasteiger charge is -2.24. The van der Waals surface area contributed by atoms with Crippen molar-refractivity contribution in [2.75, 3.05) is 19.5 Å². The van der Waals surface area contributed by atoms with E-state index < -0.39 is 5.97 Å². The third kappa shape index (κ3) is 6.85. The van der Waals surface area contributed by atoms with E-state index in [2.05, 4.69) is 5.32 Å². The Balaban J connectivity index is 2.29. The zero-order valence-corrected chi connectivity index (χ0v) is 14.3. The second-order valence-electron chi connectivity index (χ2n) is 5.41. The van der Waals surface area contributed by atoms with E-state index in [4.69, 9.17) is 9.47 Å². The number of amides is 1. The first-order chi connectivity index (χ1) is 10.4. The first-order valence-electron chi connectivity index (χ1n) is 7.10. The molecule has 1 rings (SSSR count). The van der Waals surface area contributed by atoms with Crippen LogP contribution < -0.4 is 10.1 Å². The van der Waals surface area contributed by atoms with E-state index >= 15 is 0 Å². The average molecular weight is 325 g/mol. The molecule has 6 heteroatoms. The molecule has 122 valence electrons. The van der Waals surface area contributed by atoms with Crippen molar-refractivity contribution in [3.05, 3.63) is 24.3 Å². The van der Waals surface area contributed by atoms with Crippen molar-refractivity contribution >= 4 is 23.6 Å². The molecule has 0 aromatic heterocycles. The summed E-state index contributed by atoms with van der Waals surface area (Å²) in [5.74, 6) is 0.235. The molecule has 0 spiro atoms. The molecule has 0 bridgehead atoms. The van der Waals surface area contributed by atoms with Crippen molar-refractivity contribution in [3.63, 3.8) is 0 Å². The van der Waals surface area contributed by atoms with Crippen LogP contribution in [0.1, 0.15) is 27.2 Å². The molecule has 22 heavy (non-hydrogen) atoms.